The highest BCUT2D eigenvalue weighted by Crippen LogP contribution is 2.57. The van der Waals surface area contributed by atoms with Crippen molar-refractivity contribution >= 4 is 44.8 Å². The number of amides is 1. The molecule has 156 valence electrons. The summed E-state index contributed by atoms with van der Waals surface area (Å²) < 4.78 is 22.5. The summed E-state index contributed by atoms with van der Waals surface area (Å²) in [4.78, 5) is 24.2. The van der Waals surface area contributed by atoms with Crippen LogP contribution in [0.4, 0.5) is 5.69 Å². The summed E-state index contributed by atoms with van der Waals surface area (Å²) in [5, 5.41) is 0.595. The van der Waals surface area contributed by atoms with Gasteiger partial charge in [0.15, 0.2) is 0 Å². The van der Waals surface area contributed by atoms with Crippen LogP contribution in [0, 0.1) is 0 Å². The van der Waals surface area contributed by atoms with Crippen molar-refractivity contribution < 1.29 is 13.9 Å². The van der Waals surface area contributed by atoms with Crippen LogP contribution in [0.5, 0.6) is 0 Å². The lowest BCUT2D eigenvalue weighted by molar-refractivity contribution is -0.120. The highest BCUT2D eigenvalue weighted by Gasteiger charge is 2.59. The van der Waals surface area contributed by atoms with Crippen molar-refractivity contribution in [3.05, 3.63) is 53.1 Å². The molecule has 1 amide bonds. The van der Waals surface area contributed by atoms with Crippen LogP contribution in [0.1, 0.15) is 36.7 Å². The summed E-state index contributed by atoms with van der Waals surface area (Å²) in [6.45, 7) is 0.321. The number of rotatable bonds is 3. The number of halogens is 1. The Balaban J connectivity index is 1.46. The Kier molecular flexibility index (Phi) is 3.85. The van der Waals surface area contributed by atoms with Crippen LogP contribution in [0.15, 0.2) is 36.7 Å². The lowest BCUT2D eigenvalue weighted by Crippen LogP contribution is -2.33. The zero-order valence-corrected chi connectivity index (χ0v) is 17.7. The van der Waals surface area contributed by atoms with Gasteiger partial charge in [-0.3, -0.25) is 18.9 Å². The second kappa shape index (κ2) is 6.20. The first-order valence-electron chi connectivity index (χ1n) is 10.0. The van der Waals surface area contributed by atoms with E-state index in [1.807, 2.05) is 24.3 Å². The molecule has 1 aromatic carbocycles. The molecule has 1 spiro atoms. The Bertz CT molecular complexity index is 1210. The zero-order valence-electron chi connectivity index (χ0n) is 16.2. The van der Waals surface area contributed by atoms with Gasteiger partial charge in [0, 0.05) is 17.0 Å². The molecule has 1 saturated carbocycles. The van der Waals surface area contributed by atoms with Crippen LogP contribution in [-0.4, -0.2) is 41.1 Å². The maximum absolute atomic E-state index is 13.3. The van der Waals surface area contributed by atoms with Crippen LogP contribution in [-0.2, 0) is 16.8 Å². The van der Waals surface area contributed by atoms with Gasteiger partial charge in [0.05, 0.1) is 46.7 Å². The molecule has 6 rings (SSSR count). The molecule has 2 aliphatic heterocycles. The molecule has 3 aliphatic rings. The van der Waals surface area contributed by atoms with E-state index in [-0.39, 0.29) is 17.4 Å². The minimum absolute atomic E-state index is 0.0721. The number of anilines is 1. The van der Waals surface area contributed by atoms with E-state index in [0.29, 0.717) is 29.5 Å². The molecule has 1 aliphatic carbocycles. The Morgan fingerprint density at radius 1 is 1.27 bits per heavy atom. The quantitative estimate of drug-likeness (QED) is 0.626. The monoisotopic (exact) mass is 444 g/mol. The summed E-state index contributed by atoms with van der Waals surface area (Å²) in [6.07, 6.45) is 5.91. The van der Waals surface area contributed by atoms with Crippen molar-refractivity contribution in [1.29, 1.82) is 0 Å². The van der Waals surface area contributed by atoms with Crippen molar-refractivity contribution in [2.75, 3.05) is 16.4 Å². The predicted octanol–water partition coefficient (Wildman–Crippen LogP) is 4.36. The summed E-state index contributed by atoms with van der Waals surface area (Å²) in [5.74, 6) is 1.54. The third kappa shape index (κ3) is 2.64. The van der Waals surface area contributed by atoms with Crippen molar-refractivity contribution in [2.45, 2.75) is 37.3 Å². The second-order valence-corrected chi connectivity index (χ2v) is 11.3. The fraction of sp³-hybridized carbons (Fsp3) is 0.381. The van der Waals surface area contributed by atoms with Crippen molar-refractivity contribution in [3.8, 4) is 0 Å². The van der Waals surface area contributed by atoms with Gasteiger partial charge in [-0.05, 0) is 49.1 Å². The predicted molar refractivity (Wildman–Crippen MR) is 117 cm³/mol. The smallest absolute Gasteiger partial charge is 0.238 e. The second-order valence-electron chi connectivity index (χ2n) is 8.51. The summed E-state index contributed by atoms with van der Waals surface area (Å²) >= 11 is 6.19. The first-order chi connectivity index (χ1) is 14.4. The average molecular weight is 445 g/mol. The molecule has 1 atom stereocenters. The van der Waals surface area contributed by atoms with E-state index in [1.165, 1.54) is 0 Å². The summed E-state index contributed by atoms with van der Waals surface area (Å²) in [7, 11) is -2.58. The highest BCUT2D eigenvalue weighted by molar-refractivity contribution is 8.24. The molecule has 30 heavy (non-hydrogen) atoms. The Labute approximate surface area is 180 Å². The van der Waals surface area contributed by atoms with Crippen molar-refractivity contribution in [2.24, 2.45) is 0 Å². The van der Waals surface area contributed by atoms with Gasteiger partial charge in [-0.25, -0.2) is 4.98 Å². The number of hydrogen-bond donors (Lipinski definition) is 2. The minimum Gasteiger partial charge on any atom is -0.322 e. The molecular weight excluding hydrogens is 424 g/mol. The maximum atomic E-state index is 13.3. The lowest BCUT2D eigenvalue weighted by Gasteiger charge is -2.27. The van der Waals surface area contributed by atoms with E-state index in [2.05, 4.69) is 9.55 Å². The topological polar surface area (TPSA) is 91.5 Å². The Morgan fingerprint density at radius 3 is 2.83 bits per heavy atom. The van der Waals surface area contributed by atoms with Gasteiger partial charge in [0.25, 0.3) is 0 Å². The third-order valence-electron chi connectivity index (χ3n) is 6.64. The number of carbonyl (C=O) groups is 1. The van der Waals surface area contributed by atoms with E-state index in [9.17, 15) is 13.9 Å². The number of benzene rings is 1. The first-order valence-corrected chi connectivity index (χ1v) is 12.3. The number of fused-ring (bicyclic) bond motifs is 3. The molecule has 2 aromatic heterocycles. The van der Waals surface area contributed by atoms with Gasteiger partial charge >= 0.3 is 0 Å². The molecule has 9 heteroatoms. The molecule has 1 saturated heterocycles. The van der Waals surface area contributed by atoms with Crippen molar-refractivity contribution in [3.63, 3.8) is 0 Å². The molecule has 2 fully saturated rings. The molecule has 0 radical (unpaired) electrons. The fourth-order valence-corrected chi connectivity index (χ4v) is 6.95. The number of carbonyl (C=O) groups excluding carboxylic acids is 1. The van der Waals surface area contributed by atoms with Gasteiger partial charge in [-0.15, -0.1) is 0 Å². The zero-order chi connectivity index (χ0) is 20.7. The third-order valence-corrected chi connectivity index (χ3v) is 8.68. The molecule has 4 heterocycles. The van der Waals surface area contributed by atoms with Crippen LogP contribution >= 0.6 is 22.2 Å². The van der Waals surface area contributed by atoms with Gasteiger partial charge in [0.1, 0.15) is 5.82 Å². The normalized spacial score (nSPS) is 24.6. The first kappa shape index (κ1) is 18.6. The molecule has 7 nitrogen and oxygen atoms in total. The largest absolute Gasteiger partial charge is 0.322 e. The molecule has 3 aromatic rings. The number of imidazole rings is 1. The van der Waals surface area contributed by atoms with E-state index in [0.717, 1.165) is 41.0 Å². The number of nitrogens with zero attached hydrogens (tertiary/aromatic N) is 4. The van der Waals surface area contributed by atoms with Crippen molar-refractivity contribution in [1.82, 2.24) is 14.5 Å². The van der Waals surface area contributed by atoms with Crippen LogP contribution < -0.4 is 4.90 Å². The lowest BCUT2D eigenvalue weighted by atomic mass is 9.99. The minimum atomic E-state index is -2.58. The van der Waals surface area contributed by atoms with Gasteiger partial charge in [-0.2, -0.15) is 10.6 Å². The van der Waals surface area contributed by atoms with E-state index >= 15 is 0 Å². The highest BCUT2D eigenvalue weighted by atomic mass is 35.5. The maximum Gasteiger partial charge on any atom is 0.238 e. The van der Waals surface area contributed by atoms with E-state index < -0.39 is 10.6 Å². The Hall–Kier alpha value is -2.13. The standard InChI is InChI=1S/C21H21ClN4O3S/c22-13-1-2-17-16(9-13)24-19(26(17)14-4-8-30(28,29)12-14)11-25-18-10-23-7-3-15(18)21(5-6-21)20(25)27/h1-3,7,9-10,14,28-29H,4-6,8,11-12H2/t14-/m0/s1. The number of pyridine rings is 1. The molecular formula is C21H21ClN4O3S. The fourth-order valence-electron chi connectivity index (χ4n) is 5.04. The summed E-state index contributed by atoms with van der Waals surface area (Å²) in [5.41, 5.74) is 3.17. The van der Waals surface area contributed by atoms with Crippen LogP contribution in [0.25, 0.3) is 11.0 Å². The van der Waals surface area contributed by atoms with Crippen LogP contribution in [0.2, 0.25) is 5.02 Å². The van der Waals surface area contributed by atoms with Crippen LogP contribution in [0.3, 0.4) is 0 Å². The SMILES string of the molecule is O=C1N(Cc2nc3cc(Cl)ccc3n2[C@H]2CCS(O)(O)C2)c2cnccc2C12CC2. The number of hydrogen-bond acceptors (Lipinski definition) is 5. The number of aromatic nitrogens is 3. The summed E-state index contributed by atoms with van der Waals surface area (Å²) in [6, 6.07) is 7.43. The molecule has 0 unspecified atom stereocenters. The van der Waals surface area contributed by atoms with E-state index in [1.54, 1.807) is 17.3 Å². The van der Waals surface area contributed by atoms with Gasteiger partial charge in [-0.1, -0.05) is 11.6 Å². The average Bonchev–Trinajstić information content (AvgIpc) is 3.27. The van der Waals surface area contributed by atoms with Gasteiger partial charge in [0.2, 0.25) is 5.91 Å². The van der Waals surface area contributed by atoms with Gasteiger partial charge < -0.3 is 9.47 Å². The molecule has 0 bridgehead atoms. The Morgan fingerprint density at radius 2 is 2.10 bits per heavy atom. The van der Waals surface area contributed by atoms with E-state index in [4.69, 9.17) is 16.6 Å². The molecule has 2 N–H and O–H groups in total.